The van der Waals surface area contributed by atoms with Crippen LogP contribution in [0.2, 0.25) is 0 Å². The summed E-state index contributed by atoms with van der Waals surface area (Å²) in [6.45, 7) is 2.49. The number of imidazole rings is 1. The van der Waals surface area contributed by atoms with Crippen LogP contribution in [0.1, 0.15) is 33.9 Å². The highest BCUT2D eigenvalue weighted by molar-refractivity contribution is 7.12. The van der Waals surface area contributed by atoms with E-state index in [2.05, 4.69) is 15.6 Å². The van der Waals surface area contributed by atoms with Gasteiger partial charge in [-0.3, -0.25) is 4.79 Å². The summed E-state index contributed by atoms with van der Waals surface area (Å²) < 4.78 is 13.2. The second-order valence-corrected chi connectivity index (χ2v) is 8.07. The summed E-state index contributed by atoms with van der Waals surface area (Å²) in [7, 11) is 1.67. The third-order valence-corrected chi connectivity index (χ3v) is 5.95. The predicted molar refractivity (Wildman–Crippen MR) is 112 cm³/mol. The molecule has 6 nitrogen and oxygen atoms in total. The average molecular weight is 412 g/mol. The van der Waals surface area contributed by atoms with Gasteiger partial charge in [0, 0.05) is 32.1 Å². The van der Waals surface area contributed by atoms with E-state index in [4.69, 9.17) is 9.47 Å². The number of thiophene rings is 1. The molecule has 1 unspecified atom stereocenters. The number of hydrogen-bond acceptors (Lipinski definition) is 5. The van der Waals surface area contributed by atoms with Gasteiger partial charge in [-0.1, -0.05) is 18.2 Å². The van der Waals surface area contributed by atoms with Gasteiger partial charge in [0.1, 0.15) is 11.6 Å². The maximum atomic E-state index is 13.1. The van der Waals surface area contributed by atoms with Crippen molar-refractivity contribution in [2.24, 2.45) is 0 Å². The number of carbonyl (C=O) groups excluding carboxylic acids is 1. The molecule has 0 bridgehead atoms. The van der Waals surface area contributed by atoms with Crippen molar-refractivity contribution >= 4 is 17.2 Å². The monoisotopic (exact) mass is 411 g/mol. The molecule has 1 aliphatic rings. The van der Waals surface area contributed by atoms with Crippen LogP contribution >= 0.6 is 11.3 Å². The maximum absolute atomic E-state index is 13.1. The summed E-state index contributed by atoms with van der Waals surface area (Å²) in [5, 5.41) is 1.93. The molecule has 1 fully saturated rings. The number of hydrogen-bond donors (Lipinski definition) is 0. The SMILES string of the molecule is COc1cccc(Cn2ccnc2CN(CC2CCCO2)C(=O)c2cccs2)c1. The first-order valence-corrected chi connectivity index (χ1v) is 10.7. The third kappa shape index (κ3) is 4.86. The molecule has 0 aliphatic carbocycles. The number of aromatic nitrogens is 2. The highest BCUT2D eigenvalue weighted by Crippen LogP contribution is 2.20. The second kappa shape index (κ2) is 9.24. The molecule has 29 heavy (non-hydrogen) atoms. The second-order valence-electron chi connectivity index (χ2n) is 7.12. The molecule has 0 N–H and O–H groups in total. The Morgan fingerprint density at radius 3 is 3.07 bits per heavy atom. The molecule has 3 aromatic rings. The molecule has 1 aliphatic heterocycles. The quantitative estimate of drug-likeness (QED) is 0.565. The van der Waals surface area contributed by atoms with E-state index in [1.165, 1.54) is 11.3 Å². The lowest BCUT2D eigenvalue weighted by molar-refractivity contribution is 0.0502. The van der Waals surface area contributed by atoms with Crippen molar-refractivity contribution in [2.75, 3.05) is 20.3 Å². The van der Waals surface area contributed by atoms with Gasteiger partial charge in [-0.15, -0.1) is 11.3 Å². The number of rotatable bonds is 8. The molecule has 3 heterocycles. The van der Waals surface area contributed by atoms with Crippen LogP contribution in [0.15, 0.2) is 54.2 Å². The molecule has 1 atom stereocenters. The van der Waals surface area contributed by atoms with Gasteiger partial charge in [-0.2, -0.15) is 0 Å². The Bertz CT molecular complexity index is 932. The summed E-state index contributed by atoms with van der Waals surface area (Å²) in [5.41, 5.74) is 1.12. The van der Waals surface area contributed by atoms with E-state index in [0.29, 0.717) is 19.6 Å². The maximum Gasteiger partial charge on any atom is 0.264 e. The number of carbonyl (C=O) groups is 1. The largest absolute Gasteiger partial charge is 0.497 e. The van der Waals surface area contributed by atoms with Crippen LogP contribution in [0, 0.1) is 0 Å². The van der Waals surface area contributed by atoms with Crippen molar-refractivity contribution in [3.05, 3.63) is 70.4 Å². The van der Waals surface area contributed by atoms with E-state index in [9.17, 15) is 4.79 Å². The Morgan fingerprint density at radius 1 is 1.38 bits per heavy atom. The minimum atomic E-state index is 0.0337. The van der Waals surface area contributed by atoms with E-state index < -0.39 is 0 Å². The summed E-state index contributed by atoms with van der Waals surface area (Å²) >= 11 is 1.47. The first-order valence-electron chi connectivity index (χ1n) is 9.80. The van der Waals surface area contributed by atoms with Gasteiger partial charge in [0.05, 0.1) is 24.6 Å². The topological polar surface area (TPSA) is 56.6 Å². The molecule has 152 valence electrons. The van der Waals surface area contributed by atoms with Crippen LogP contribution < -0.4 is 4.74 Å². The summed E-state index contributed by atoms with van der Waals surface area (Å²) in [5.74, 6) is 1.72. The third-order valence-electron chi connectivity index (χ3n) is 5.09. The molecule has 1 amide bonds. The number of ether oxygens (including phenoxy) is 2. The first kappa shape index (κ1) is 19.7. The molecular weight excluding hydrogens is 386 g/mol. The predicted octanol–water partition coefficient (Wildman–Crippen LogP) is 3.82. The van der Waals surface area contributed by atoms with Crippen LogP contribution in [-0.2, 0) is 17.8 Å². The fourth-order valence-electron chi connectivity index (χ4n) is 3.58. The summed E-state index contributed by atoms with van der Waals surface area (Å²) in [6, 6.07) is 11.8. The van der Waals surface area contributed by atoms with Gasteiger partial charge in [0.15, 0.2) is 0 Å². The van der Waals surface area contributed by atoms with Gasteiger partial charge < -0.3 is 18.9 Å². The Labute approximate surface area is 174 Å². The minimum Gasteiger partial charge on any atom is -0.497 e. The van der Waals surface area contributed by atoms with Crippen molar-refractivity contribution in [3.63, 3.8) is 0 Å². The Balaban J connectivity index is 1.52. The molecule has 0 radical (unpaired) electrons. The zero-order chi connectivity index (χ0) is 20.1. The van der Waals surface area contributed by atoms with Gasteiger partial charge in [0.25, 0.3) is 5.91 Å². The Morgan fingerprint density at radius 2 is 2.31 bits per heavy atom. The number of methoxy groups -OCH3 is 1. The van der Waals surface area contributed by atoms with Crippen molar-refractivity contribution in [1.82, 2.24) is 14.5 Å². The van der Waals surface area contributed by atoms with Gasteiger partial charge in [0.2, 0.25) is 0 Å². The summed E-state index contributed by atoms with van der Waals surface area (Å²) in [6.07, 6.45) is 5.88. The number of benzene rings is 1. The molecule has 2 aromatic heterocycles. The van der Waals surface area contributed by atoms with Crippen molar-refractivity contribution in [3.8, 4) is 5.75 Å². The fourth-order valence-corrected chi connectivity index (χ4v) is 4.27. The zero-order valence-electron chi connectivity index (χ0n) is 16.5. The van der Waals surface area contributed by atoms with Crippen LogP contribution in [-0.4, -0.2) is 46.7 Å². The van der Waals surface area contributed by atoms with E-state index in [1.54, 1.807) is 13.3 Å². The molecule has 7 heteroatoms. The molecule has 0 spiro atoms. The molecule has 1 saturated heterocycles. The lowest BCUT2D eigenvalue weighted by Gasteiger charge is -2.25. The van der Waals surface area contributed by atoms with E-state index in [-0.39, 0.29) is 12.0 Å². The van der Waals surface area contributed by atoms with E-state index >= 15 is 0 Å². The number of nitrogens with zero attached hydrogens (tertiary/aromatic N) is 3. The van der Waals surface area contributed by atoms with Crippen LogP contribution in [0.4, 0.5) is 0 Å². The average Bonchev–Trinajstić information content (AvgIpc) is 3.51. The van der Waals surface area contributed by atoms with Gasteiger partial charge in [-0.05, 0) is 42.0 Å². The highest BCUT2D eigenvalue weighted by atomic mass is 32.1. The molecular formula is C22H25N3O3S. The normalized spacial score (nSPS) is 16.1. The van der Waals surface area contributed by atoms with Gasteiger partial charge in [-0.25, -0.2) is 4.98 Å². The Hall–Kier alpha value is -2.64. The van der Waals surface area contributed by atoms with Crippen molar-refractivity contribution < 1.29 is 14.3 Å². The smallest absolute Gasteiger partial charge is 0.264 e. The van der Waals surface area contributed by atoms with Crippen LogP contribution in [0.25, 0.3) is 0 Å². The van der Waals surface area contributed by atoms with Crippen molar-refractivity contribution in [2.45, 2.75) is 32.0 Å². The standard InChI is InChI=1S/C22H25N3O3S/c1-27-18-6-2-5-17(13-18)14-24-10-9-23-21(24)16-25(15-19-7-3-11-28-19)22(26)20-8-4-12-29-20/h2,4-6,8-10,12-13,19H,3,7,11,14-16H2,1H3. The highest BCUT2D eigenvalue weighted by Gasteiger charge is 2.25. The van der Waals surface area contributed by atoms with Crippen molar-refractivity contribution in [1.29, 1.82) is 0 Å². The van der Waals surface area contributed by atoms with E-state index in [0.717, 1.165) is 41.5 Å². The van der Waals surface area contributed by atoms with E-state index in [1.807, 2.05) is 46.8 Å². The zero-order valence-corrected chi connectivity index (χ0v) is 17.3. The fraction of sp³-hybridized carbons (Fsp3) is 0.364. The minimum absolute atomic E-state index is 0.0337. The lowest BCUT2D eigenvalue weighted by Crippen LogP contribution is -2.37. The summed E-state index contributed by atoms with van der Waals surface area (Å²) in [4.78, 5) is 20.2. The van der Waals surface area contributed by atoms with Crippen LogP contribution in [0.3, 0.4) is 0 Å². The van der Waals surface area contributed by atoms with Crippen LogP contribution in [0.5, 0.6) is 5.75 Å². The first-order chi connectivity index (χ1) is 14.2. The molecule has 0 saturated carbocycles. The molecule has 1 aromatic carbocycles. The molecule has 4 rings (SSSR count). The Kier molecular flexibility index (Phi) is 6.27. The van der Waals surface area contributed by atoms with Gasteiger partial charge >= 0.3 is 0 Å². The lowest BCUT2D eigenvalue weighted by atomic mass is 10.2. The number of amides is 1.